The van der Waals surface area contributed by atoms with Crippen molar-refractivity contribution in [3.63, 3.8) is 0 Å². The van der Waals surface area contributed by atoms with Crippen LogP contribution in [0.2, 0.25) is 0 Å². The van der Waals surface area contributed by atoms with E-state index in [0.717, 1.165) is 30.3 Å². The minimum absolute atomic E-state index is 0.678. The molecule has 0 aliphatic heterocycles. The molecule has 0 saturated heterocycles. The number of ether oxygens (including phenoxy) is 1. The normalized spacial score (nSPS) is 11.3. The molecule has 1 N–H and O–H groups in total. The minimum atomic E-state index is 0.678. The SMILES string of the molecule is CN(C)CCCOc1n[nH]c2cccc(Cc3ccccc3)c12. The topological polar surface area (TPSA) is 41.1 Å². The zero-order valence-electron chi connectivity index (χ0n) is 13.7. The first-order valence-corrected chi connectivity index (χ1v) is 8.01. The zero-order valence-corrected chi connectivity index (χ0v) is 13.7. The lowest BCUT2D eigenvalue weighted by Gasteiger charge is -2.10. The number of hydrogen-bond donors (Lipinski definition) is 1. The van der Waals surface area contributed by atoms with Crippen LogP contribution in [-0.4, -0.2) is 42.3 Å². The van der Waals surface area contributed by atoms with Crippen molar-refractivity contribution >= 4 is 10.9 Å². The lowest BCUT2D eigenvalue weighted by molar-refractivity contribution is 0.275. The Hall–Kier alpha value is -2.33. The Labute approximate surface area is 137 Å². The van der Waals surface area contributed by atoms with E-state index in [0.29, 0.717) is 12.5 Å². The summed E-state index contributed by atoms with van der Waals surface area (Å²) in [5.41, 5.74) is 3.56. The second kappa shape index (κ2) is 7.29. The predicted molar refractivity (Wildman–Crippen MR) is 94.0 cm³/mol. The smallest absolute Gasteiger partial charge is 0.240 e. The van der Waals surface area contributed by atoms with Crippen molar-refractivity contribution in [1.82, 2.24) is 15.1 Å². The third kappa shape index (κ3) is 3.90. The van der Waals surface area contributed by atoms with E-state index in [-0.39, 0.29) is 0 Å². The van der Waals surface area contributed by atoms with Crippen molar-refractivity contribution in [2.24, 2.45) is 0 Å². The summed E-state index contributed by atoms with van der Waals surface area (Å²) in [4.78, 5) is 2.16. The standard InChI is InChI=1S/C19H23N3O/c1-22(2)12-7-13-23-19-18-16(10-6-11-17(18)20-21-19)14-15-8-4-3-5-9-15/h3-6,8-11H,7,12-14H2,1-2H3,(H,20,21). The molecule has 4 nitrogen and oxygen atoms in total. The quantitative estimate of drug-likeness (QED) is 0.679. The van der Waals surface area contributed by atoms with Gasteiger partial charge in [0.2, 0.25) is 5.88 Å². The summed E-state index contributed by atoms with van der Waals surface area (Å²) in [6, 6.07) is 16.7. The highest BCUT2D eigenvalue weighted by atomic mass is 16.5. The summed E-state index contributed by atoms with van der Waals surface area (Å²) in [6.07, 6.45) is 1.87. The van der Waals surface area contributed by atoms with Crippen LogP contribution in [0.15, 0.2) is 48.5 Å². The summed E-state index contributed by atoms with van der Waals surface area (Å²) in [7, 11) is 4.14. The van der Waals surface area contributed by atoms with Gasteiger partial charge in [0.25, 0.3) is 0 Å². The van der Waals surface area contributed by atoms with E-state index in [9.17, 15) is 0 Å². The minimum Gasteiger partial charge on any atom is -0.476 e. The van der Waals surface area contributed by atoms with Gasteiger partial charge in [0.05, 0.1) is 17.5 Å². The van der Waals surface area contributed by atoms with E-state index in [1.165, 1.54) is 11.1 Å². The number of aromatic nitrogens is 2. The maximum absolute atomic E-state index is 5.92. The van der Waals surface area contributed by atoms with Crippen LogP contribution in [0.25, 0.3) is 10.9 Å². The molecule has 120 valence electrons. The molecule has 2 aromatic carbocycles. The third-order valence-corrected chi connectivity index (χ3v) is 3.87. The van der Waals surface area contributed by atoms with Crippen LogP contribution in [0, 0.1) is 0 Å². The molecule has 4 heteroatoms. The van der Waals surface area contributed by atoms with Gasteiger partial charge >= 0.3 is 0 Å². The molecule has 0 aliphatic carbocycles. The van der Waals surface area contributed by atoms with Crippen molar-refractivity contribution in [2.45, 2.75) is 12.8 Å². The molecule has 0 saturated carbocycles. The molecule has 0 radical (unpaired) electrons. The number of benzene rings is 2. The number of rotatable bonds is 7. The van der Waals surface area contributed by atoms with Gasteiger partial charge in [0.1, 0.15) is 0 Å². The molecular weight excluding hydrogens is 286 g/mol. The van der Waals surface area contributed by atoms with Crippen LogP contribution in [-0.2, 0) is 6.42 Å². The Morgan fingerprint density at radius 2 is 1.87 bits per heavy atom. The highest BCUT2D eigenvalue weighted by molar-refractivity contribution is 5.87. The number of hydrogen-bond acceptors (Lipinski definition) is 3. The number of H-pyrrole nitrogens is 1. The average Bonchev–Trinajstić information content (AvgIpc) is 2.97. The summed E-state index contributed by atoms with van der Waals surface area (Å²) < 4.78 is 5.92. The first-order valence-electron chi connectivity index (χ1n) is 8.01. The highest BCUT2D eigenvalue weighted by Crippen LogP contribution is 2.28. The molecule has 1 aromatic heterocycles. The Morgan fingerprint density at radius 1 is 1.04 bits per heavy atom. The highest BCUT2D eigenvalue weighted by Gasteiger charge is 2.12. The molecule has 0 spiro atoms. The zero-order chi connectivity index (χ0) is 16.1. The Bertz CT molecular complexity index is 750. The fourth-order valence-electron chi connectivity index (χ4n) is 2.73. The monoisotopic (exact) mass is 309 g/mol. The van der Waals surface area contributed by atoms with E-state index in [1.807, 2.05) is 12.1 Å². The first kappa shape index (κ1) is 15.6. The molecule has 0 aliphatic rings. The maximum atomic E-state index is 5.92. The number of aromatic amines is 1. The van der Waals surface area contributed by atoms with E-state index in [1.54, 1.807) is 0 Å². The number of nitrogens with zero attached hydrogens (tertiary/aromatic N) is 2. The second-order valence-corrected chi connectivity index (χ2v) is 6.04. The van der Waals surface area contributed by atoms with Gasteiger partial charge in [-0.15, -0.1) is 5.10 Å². The average molecular weight is 309 g/mol. The van der Waals surface area contributed by atoms with Gasteiger partial charge < -0.3 is 9.64 Å². The van der Waals surface area contributed by atoms with Crippen LogP contribution in [0.4, 0.5) is 0 Å². The van der Waals surface area contributed by atoms with Gasteiger partial charge in [0.15, 0.2) is 0 Å². The van der Waals surface area contributed by atoms with Crippen molar-refractivity contribution in [1.29, 1.82) is 0 Å². The number of nitrogens with one attached hydrogen (secondary N) is 1. The first-order chi connectivity index (χ1) is 11.2. The summed E-state index contributed by atoms with van der Waals surface area (Å²) in [5.74, 6) is 0.713. The van der Waals surface area contributed by atoms with Crippen molar-refractivity contribution in [3.05, 3.63) is 59.7 Å². The molecule has 0 unspecified atom stereocenters. The number of fused-ring (bicyclic) bond motifs is 1. The lowest BCUT2D eigenvalue weighted by Crippen LogP contribution is -2.15. The fraction of sp³-hybridized carbons (Fsp3) is 0.316. The molecule has 23 heavy (non-hydrogen) atoms. The van der Waals surface area contributed by atoms with Gasteiger partial charge in [-0.3, -0.25) is 5.10 Å². The molecule has 1 heterocycles. The molecule has 0 atom stereocenters. The summed E-state index contributed by atoms with van der Waals surface area (Å²) >= 11 is 0. The van der Waals surface area contributed by atoms with Gasteiger partial charge in [-0.1, -0.05) is 42.5 Å². The molecule has 0 bridgehead atoms. The van der Waals surface area contributed by atoms with Crippen molar-refractivity contribution in [3.8, 4) is 5.88 Å². The summed E-state index contributed by atoms with van der Waals surface area (Å²) in [6.45, 7) is 1.69. The molecule has 0 fully saturated rings. The second-order valence-electron chi connectivity index (χ2n) is 6.04. The van der Waals surface area contributed by atoms with Crippen molar-refractivity contribution in [2.75, 3.05) is 27.2 Å². The van der Waals surface area contributed by atoms with Gasteiger partial charge in [-0.25, -0.2) is 0 Å². The Balaban J connectivity index is 1.80. The van der Waals surface area contributed by atoms with Crippen LogP contribution in [0.1, 0.15) is 17.5 Å². The van der Waals surface area contributed by atoms with Gasteiger partial charge in [-0.05, 0) is 44.1 Å². The van der Waals surface area contributed by atoms with Crippen LogP contribution < -0.4 is 4.74 Å². The Kier molecular flexibility index (Phi) is 4.93. The van der Waals surface area contributed by atoms with E-state index < -0.39 is 0 Å². The van der Waals surface area contributed by atoms with E-state index >= 15 is 0 Å². The third-order valence-electron chi connectivity index (χ3n) is 3.87. The van der Waals surface area contributed by atoms with Crippen molar-refractivity contribution < 1.29 is 4.74 Å². The van der Waals surface area contributed by atoms with Crippen LogP contribution >= 0.6 is 0 Å². The summed E-state index contributed by atoms with van der Waals surface area (Å²) in [5, 5.41) is 8.53. The molecule has 3 rings (SSSR count). The van der Waals surface area contributed by atoms with E-state index in [2.05, 4.69) is 65.6 Å². The fourth-order valence-corrected chi connectivity index (χ4v) is 2.73. The van der Waals surface area contributed by atoms with Crippen LogP contribution in [0.5, 0.6) is 5.88 Å². The van der Waals surface area contributed by atoms with Gasteiger partial charge in [0, 0.05) is 6.54 Å². The largest absolute Gasteiger partial charge is 0.476 e. The molecule has 3 aromatic rings. The Morgan fingerprint density at radius 3 is 2.65 bits per heavy atom. The predicted octanol–water partition coefficient (Wildman–Crippen LogP) is 3.48. The van der Waals surface area contributed by atoms with Crippen LogP contribution in [0.3, 0.4) is 0 Å². The molecule has 0 amide bonds. The van der Waals surface area contributed by atoms with E-state index in [4.69, 9.17) is 4.74 Å². The molecular formula is C19H23N3O. The van der Waals surface area contributed by atoms with Gasteiger partial charge in [-0.2, -0.15) is 0 Å². The lowest BCUT2D eigenvalue weighted by atomic mass is 10.0. The maximum Gasteiger partial charge on any atom is 0.240 e.